The lowest BCUT2D eigenvalue weighted by Gasteiger charge is -2.40. The van der Waals surface area contributed by atoms with Gasteiger partial charge in [0.1, 0.15) is 17.1 Å². The maximum absolute atomic E-state index is 6.39. The van der Waals surface area contributed by atoms with Crippen molar-refractivity contribution >= 4 is 0 Å². The van der Waals surface area contributed by atoms with Crippen LogP contribution < -0.4 is 14.8 Å². The van der Waals surface area contributed by atoms with Crippen LogP contribution in [-0.4, -0.2) is 44.3 Å². The number of benzene rings is 1. The molecule has 110 valence electrons. The average molecular weight is 276 g/mol. The Morgan fingerprint density at radius 2 is 2.35 bits per heavy atom. The molecule has 1 saturated heterocycles. The molecule has 3 rings (SSSR count). The number of ether oxygens (including phenoxy) is 2. The van der Waals surface area contributed by atoms with Crippen LogP contribution in [-0.2, 0) is 0 Å². The summed E-state index contributed by atoms with van der Waals surface area (Å²) in [5.74, 6) is 1.91. The molecule has 0 saturated carbocycles. The molecular formula is C16H24N2O2. The number of hydrogen-bond acceptors (Lipinski definition) is 4. The third-order valence-corrected chi connectivity index (χ3v) is 4.45. The van der Waals surface area contributed by atoms with E-state index in [2.05, 4.69) is 36.3 Å². The summed E-state index contributed by atoms with van der Waals surface area (Å²) in [6.07, 6.45) is 2.14. The molecule has 20 heavy (non-hydrogen) atoms. The van der Waals surface area contributed by atoms with Crippen molar-refractivity contribution in [1.29, 1.82) is 0 Å². The Hall–Kier alpha value is -1.26. The molecule has 1 N–H and O–H groups in total. The van der Waals surface area contributed by atoms with E-state index in [1.165, 1.54) is 5.56 Å². The highest BCUT2D eigenvalue weighted by Gasteiger charge is 2.44. The fourth-order valence-corrected chi connectivity index (χ4v) is 3.50. The molecule has 0 aliphatic carbocycles. The van der Waals surface area contributed by atoms with Gasteiger partial charge < -0.3 is 19.7 Å². The minimum absolute atomic E-state index is 0.0246. The summed E-state index contributed by atoms with van der Waals surface area (Å²) in [4.78, 5) is 2.36. The van der Waals surface area contributed by atoms with Gasteiger partial charge in [0.15, 0.2) is 0 Å². The summed E-state index contributed by atoms with van der Waals surface area (Å²) in [7, 11) is 3.88. The van der Waals surface area contributed by atoms with E-state index in [1.54, 1.807) is 7.11 Å². The predicted molar refractivity (Wildman–Crippen MR) is 79.5 cm³/mol. The molecule has 1 aromatic rings. The molecule has 2 aliphatic rings. The van der Waals surface area contributed by atoms with Gasteiger partial charge in [-0.25, -0.2) is 0 Å². The topological polar surface area (TPSA) is 33.7 Å². The molecule has 0 amide bonds. The van der Waals surface area contributed by atoms with Gasteiger partial charge >= 0.3 is 0 Å². The second-order valence-corrected chi connectivity index (χ2v) is 5.99. The zero-order valence-corrected chi connectivity index (χ0v) is 12.6. The number of methoxy groups -OCH3 is 1. The van der Waals surface area contributed by atoms with E-state index in [9.17, 15) is 0 Å². The van der Waals surface area contributed by atoms with Crippen LogP contribution in [0.2, 0.25) is 0 Å². The van der Waals surface area contributed by atoms with E-state index >= 15 is 0 Å². The van der Waals surface area contributed by atoms with Gasteiger partial charge in [0, 0.05) is 37.5 Å². The van der Waals surface area contributed by atoms with Crippen LogP contribution in [0.25, 0.3) is 0 Å². The zero-order chi connectivity index (χ0) is 14.2. The van der Waals surface area contributed by atoms with Crippen molar-refractivity contribution < 1.29 is 9.47 Å². The highest BCUT2D eigenvalue weighted by atomic mass is 16.5. The fourth-order valence-electron chi connectivity index (χ4n) is 3.50. The first-order valence-corrected chi connectivity index (χ1v) is 7.45. The van der Waals surface area contributed by atoms with E-state index in [0.717, 1.165) is 44.0 Å². The van der Waals surface area contributed by atoms with Gasteiger partial charge in [0.25, 0.3) is 0 Å². The Balaban J connectivity index is 1.94. The Bertz CT molecular complexity index is 491. The first kappa shape index (κ1) is 13.7. The molecule has 2 heterocycles. The number of nitrogens with zero attached hydrogens (tertiary/aromatic N) is 1. The summed E-state index contributed by atoms with van der Waals surface area (Å²) < 4.78 is 11.7. The second kappa shape index (κ2) is 5.26. The summed E-state index contributed by atoms with van der Waals surface area (Å²) in [6.45, 7) is 5.25. The molecule has 2 unspecified atom stereocenters. The van der Waals surface area contributed by atoms with Crippen molar-refractivity contribution in [2.24, 2.45) is 0 Å². The molecule has 0 bridgehead atoms. The van der Waals surface area contributed by atoms with Crippen LogP contribution in [0, 0.1) is 0 Å². The molecule has 0 radical (unpaired) electrons. The Labute approximate surface area is 121 Å². The van der Waals surface area contributed by atoms with Gasteiger partial charge in [-0.1, -0.05) is 6.92 Å². The molecule has 4 heteroatoms. The fraction of sp³-hybridized carbons (Fsp3) is 0.625. The average Bonchev–Trinajstić information content (AvgIpc) is 2.79. The third-order valence-electron chi connectivity index (χ3n) is 4.45. The van der Waals surface area contributed by atoms with E-state index in [0.29, 0.717) is 6.04 Å². The lowest BCUT2D eigenvalue weighted by atomic mass is 9.86. The monoisotopic (exact) mass is 276 g/mol. The van der Waals surface area contributed by atoms with E-state index in [-0.39, 0.29) is 5.60 Å². The number of hydrogen-bond donors (Lipinski definition) is 1. The van der Waals surface area contributed by atoms with E-state index < -0.39 is 0 Å². The smallest absolute Gasteiger partial charge is 0.125 e. The van der Waals surface area contributed by atoms with Crippen molar-refractivity contribution in [1.82, 2.24) is 10.2 Å². The number of rotatable bonds is 3. The second-order valence-electron chi connectivity index (χ2n) is 5.99. The number of nitrogens with one attached hydrogen (secondary N) is 1. The minimum atomic E-state index is -0.0246. The van der Waals surface area contributed by atoms with Gasteiger partial charge in [-0.3, -0.25) is 0 Å². The van der Waals surface area contributed by atoms with Crippen LogP contribution >= 0.6 is 0 Å². The quantitative estimate of drug-likeness (QED) is 0.917. The Kier molecular flexibility index (Phi) is 3.61. The lowest BCUT2D eigenvalue weighted by molar-refractivity contribution is 0.0409. The SMILES string of the molecule is CCNC1CC2(CCN(C)C2)Oc2ccc(OC)cc21. The summed E-state index contributed by atoms with van der Waals surface area (Å²) >= 11 is 0. The molecule has 1 fully saturated rings. The molecule has 1 aromatic carbocycles. The largest absolute Gasteiger partial charge is 0.497 e. The Morgan fingerprint density at radius 3 is 3.00 bits per heavy atom. The predicted octanol–water partition coefficient (Wildman–Crippen LogP) is 2.20. The van der Waals surface area contributed by atoms with Crippen LogP contribution in [0.5, 0.6) is 11.5 Å². The summed E-state index contributed by atoms with van der Waals surface area (Å²) in [6, 6.07) is 6.50. The standard InChI is InChI=1S/C16H24N2O2/c1-4-17-14-10-16(7-8-18(2)11-16)20-15-6-5-12(19-3)9-13(14)15/h5-6,9,14,17H,4,7-8,10-11H2,1-3H3. The molecule has 1 spiro atoms. The van der Waals surface area contributed by atoms with Crippen molar-refractivity contribution in [3.05, 3.63) is 23.8 Å². The highest BCUT2D eigenvalue weighted by Crippen LogP contribution is 2.44. The first-order chi connectivity index (χ1) is 9.65. The van der Waals surface area contributed by atoms with Gasteiger partial charge in [-0.05, 0) is 31.8 Å². The number of likely N-dealkylation sites (tertiary alicyclic amines) is 1. The zero-order valence-electron chi connectivity index (χ0n) is 12.6. The normalized spacial score (nSPS) is 29.2. The molecule has 4 nitrogen and oxygen atoms in total. The van der Waals surface area contributed by atoms with Crippen molar-refractivity contribution in [3.8, 4) is 11.5 Å². The van der Waals surface area contributed by atoms with Crippen LogP contribution in [0.4, 0.5) is 0 Å². The molecule has 2 atom stereocenters. The summed E-state index contributed by atoms with van der Waals surface area (Å²) in [5, 5.41) is 3.60. The third kappa shape index (κ3) is 2.38. The van der Waals surface area contributed by atoms with Crippen LogP contribution in [0.3, 0.4) is 0 Å². The maximum Gasteiger partial charge on any atom is 0.125 e. The van der Waals surface area contributed by atoms with E-state index in [1.807, 2.05) is 6.07 Å². The van der Waals surface area contributed by atoms with Crippen LogP contribution in [0.1, 0.15) is 31.4 Å². The number of likely N-dealkylation sites (N-methyl/N-ethyl adjacent to an activating group) is 1. The highest BCUT2D eigenvalue weighted by molar-refractivity contribution is 5.44. The van der Waals surface area contributed by atoms with Crippen LogP contribution in [0.15, 0.2) is 18.2 Å². The number of fused-ring (bicyclic) bond motifs is 1. The van der Waals surface area contributed by atoms with Crippen molar-refractivity contribution in [2.75, 3.05) is 33.8 Å². The van der Waals surface area contributed by atoms with E-state index in [4.69, 9.17) is 9.47 Å². The van der Waals surface area contributed by atoms with Gasteiger partial charge in [0.05, 0.1) is 7.11 Å². The molecule has 2 aliphatic heterocycles. The van der Waals surface area contributed by atoms with Gasteiger partial charge in [0.2, 0.25) is 0 Å². The van der Waals surface area contributed by atoms with Crippen molar-refractivity contribution in [2.45, 2.75) is 31.4 Å². The Morgan fingerprint density at radius 1 is 1.50 bits per heavy atom. The summed E-state index contributed by atoms with van der Waals surface area (Å²) in [5.41, 5.74) is 1.20. The van der Waals surface area contributed by atoms with Crippen molar-refractivity contribution in [3.63, 3.8) is 0 Å². The van der Waals surface area contributed by atoms with Gasteiger partial charge in [-0.2, -0.15) is 0 Å². The van der Waals surface area contributed by atoms with Gasteiger partial charge in [-0.15, -0.1) is 0 Å². The maximum atomic E-state index is 6.39. The molecular weight excluding hydrogens is 252 g/mol. The lowest BCUT2D eigenvalue weighted by Crippen LogP contribution is -2.45. The minimum Gasteiger partial charge on any atom is -0.497 e. The first-order valence-electron chi connectivity index (χ1n) is 7.45. The molecule has 0 aromatic heterocycles.